The molecule has 0 fully saturated rings. The zero-order valence-corrected chi connectivity index (χ0v) is 14.9. The Morgan fingerprint density at radius 2 is 1.78 bits per heavy atom. The van der Waals surface area contributed by atoms with Gasteiger partial charge in [-0.1, -0.05) is 18.2 Å². The second kappa shape index (κ2) is 7.47. The topological polar surface area (TPSA) is 54.9 Å². The number of carbonyl (C=O) groups excluding carboxylic acids is 1. The van der Waals surface area contributed by atoms with Gasteiger partial charge < -0.3 is 5.32 Å². The zero-order chi connectivity index (χ0) is 18.6. The van der Waals surface area contributed by atoms with Crippen LogP contribution in [0.1, 0.15) is 10.4 Å². The number of aromatic nitrogens is 2. The van der Waals surface area contributed by atoms with Gasteiger partial charge in [-0.15, -0.1) is 11.3 Å². The van der Waals surface area contributed by atoms with Gasteiger partial charge >= 0.3 is 0 Å². The molecule has 0 unspecified atom stereocenters. The number of hydrogen-bond acceptors (Lipinski definition) is 4. The molecule has 1 amide bonds. The van der Waals surface area contributed by atoms with Crippen LogP contribution in [0.4, 0.5) is 10.1 Å². The fourth-order valence-corrected chi connectivity index (χ4v) is 3.46. The van der Waals surface area contributed by atoms with Crippen molar-refractivity contribution in [2.75, 3.05) is 5.32 Å². The van der Waals surface area contributed by atoms with Crippen LogP contribution in [-0.2, 0) is 0 Å². The van der Waals surface area contributed by atoms with Gasteiger partial charge in [-0.25, -0.2) is 9.37 Å². The van der Waals surface area contributed by atoms with Gasteiger partial charge in [0, 0.05) is 40.2 Å². The SMILES string of the molecule is O=C(Nc1cccc(-c2csc(-c3ccncc3)n2)c1)c1cccc(F)c1. The van der Waals surface area contributed by atoms with Gasteiger partial charge in [-0.2, -0.15) is 0 Å². The third kappa shape index (κ3) is 3.91. The van der Waals surface area contributed by atoms with E-state index in [-0.39, 0.29) is 11.5 Å². The minimum atomic E-state index is -0.442. The van der Waals surface area contributed by atoms with Crippen LogP contribution in [0.3, 0.4) is 0 Å². The molecule has 0 bridgehead atoms. The number of carbonyl (C=O) groups is 1. The van der Waals surface area contributed by atoms with Gasteiger partial charge in [-0.3, -0.25) is 9.78 Å². The van der Waals surface area contributed by atoms with Gasteiger partial charge in [0.25, 0.3) is 5.91 Å². The van der Waals surface area contributed by atoms with E-state index in [1.54, 1.807) is 35.9 Å². The van der Waals surface area contributed by atoms with E-state index in [1.165, 1.54) is 18.2 Å². The molecule has 6 heteroatoms. The van der Waals surface area contributed by atoms with E-state index in [2.05, 4.69) is 15.3 Å². The molecule has 132 valence electrons. The number of hydrogen-bond donors (Lipinski definition) is 1. The number of rotatable bonds is 4. The van der Waals surface area contributed by atoms with Crippen LogP contribution in [0.25, 0.3) is 21.8 Å². The maximum absolute atomic E-state index is 13.3. The first-order chi connectivity index (χ1) is 13.2. The Kier molecular flexibility index (Phi) is 4.72. The second-order valence-corrected chi connectivity index (χ2v) is 6.68. The van der Waals surface area contributed by atoms with Crippen molar-refractivity contribution in [3.05, 3.63) is 89.8 Å². The molecular weight excluding hydrogens is 361 g/mol. The minimum absolute atomic E-state index is 0.272. The Bertz CT molecular complexity index is 1100. The normalized spacial score (nSPS) is 10.6. The molecule has 0 aliphatic heterocycles. The summed E-state index contributed by atoms with van der Waals surface area (Å²) < 4.78 is 13.3. The smallest absolute Gasteiger partial charge is 0.255 e. The number of halogens is 1. The van der Waals surface area contributed by atoms with Gasteiger partial charge in [0.05, 0.1) is 5.69 Å². The zero-order valence-electron chi connectivity index (χ0n) is 14.1. The van der Waals surface area contributed by atoms with E-state index in [9.17, 15) is 9.18 Å². The summed E-state index contributed by atoms with van der Waals surface area (Å²) in [6, 6.07) is 16.8. The van der Waals surface area contributed by atoms with Crippen LogP contribution < -0.4 is 5.32 Å². The van der Waals surface area contributed by atoms with Crippen molar-refractivity contribution < 1.29 is 9.18 Å². The molecule has 1 N–H and O–H groups in total. The molecule has 0 spiro atoms. The van der Waals surface area contributed by atoms with Gasteiger partial charge in [0.15, 0.2) is 0 Å². The molecule has 4 nitrogen and oxygen atoms in total. The summed E-state index contributed by atoms with van der Waals surface area (Å²) in [6.07, 6.45) is 3.47. The number of nitrogens with one attached hydrogen (secondary N) is 1. The van der Waals surface area contributed by atoms with Crippen LogP contribution in [0.2, 0.25) is 0 Å². The first kappa shape index (κ1) is 17.1. The number of thiazole rings is 1. The van der Waals surface area contributed by atoms with E-state index in [4.69, 9.17) is 0 Å². The van der Waals surface area contributed by atoms with E-state index < -0.39 is 5.82 Å². The highest BCUT2D eigenvalue weighted by Crippen LogP contribution is 2.29. The van der Waals surface area contributed by atoms with Gasteiger partial charge in [-0.05, 0) is 42.5 Å². The van der Waals surface area contributed by atoms with Crippen molar-refractivity contribution in [2.24, 2.45) is 0 Å². The molecule has 2 heterocycles. The third-order valence-corrected chi connectivity index (χ3v) is 4.83. The first-order valence-corrected chi connectivity index (χ1v) is 9.10. The average molecular weight is 375 g/mol. The Hall–Kier alpha value is -3.38. The Balaban J connectivity index is 1.56. The van der Waals surface area contributed by atoms with E-state index in [0.29, 0.717) is 5.69 Å². The third-order valence-electron chi connectivity index (χ3n) is 3.93. The Morgan fingerprint density at radius 1 is 0.963 bits per heavy atom. The monoisotopic (exact) mass is 375 g/mol. The summed E-state index contributed by atoms with van der Waals surface area (Å²) in [5, 5.41) is 5.68. The Labute approximate surface area is 159 Å². The highest BCUT2D eigenvalue weighted by atomic mass is 32.1. The molecule has 2 aromatic carbocycles. The lowest BCUT2D eigenvalue weighted by Gasteiger charge is -2.07. The van der Waals surface area contributed by atoms with Gasteiger partial charge in [0.1, 0.15) is 10.8 Å². The molecule has 27 heavy (non-hydrogen) atoms. The second-order valence-electron chi connectivity index (χ2n) is 5.82. The first-order valence-electron chi connectivity index (χ1n) is 8.22. The number of pyridine rings is 1. The van der Waals surface area contributed by atoms with Crippen molar-refractivity contribution in [2.45, 2.75) is 0 Å². The summed E-state index contributed by atoms with van der Waals surface area (Å²) in [7, 11) is 0. The molecule has 0 saturated carbocycles. The largest absolute Gasteiger partial charge is 0.322 e. The maximum atomic E-state index is 13.3. The van der Waals surface area contributed by atoms with E-state index in [1.807, 2.05) is 35.7 Å². The molecular formula is C21H14FN3OS. The number of amides is 1. The van der Waals surface area contributed by atoms with Crippen LogP contribution in [0.15, 0.2) is 78.4 Å². The molecule has 0 saturated heterocycles. The molecule has 0 atom stereocenters. The number of benzene rings is 2. The lowest BCUT2D eigenvalue weighted by molar-refractivity contribution is 0.102. The molecule has 4 rings (SSSR count). The lowest BCUT2D eigenvalue weighted by Crippen LogP contribution is -2.12. The summed E-state index contributed by atoms with van der Waals surface area (Å²) in [4.78, 5) is 21.0. The van der Waals surface area contributed by atoms with Crippen molar-refractivity contribution in [3.63, 3.8) is 0 Å². The molecule has 4 aromatic rings. The fourth-order valence-electron chi connectivity index (χ4n) is 2.62. The predicted octanol–water partition coefficient (Wildman–Crippen LogP) is 5.26. The van der Waals surface area contributed by atoms with E-state index in [0.717, 1.165) is 21.8 Å². The number of anilines is 1. The minimum Gasteiger partial charge on any atom is -0.322 e. The van der Waals surface area contributed by atoms with Crippen LogP contribution in [-0.4, -0.2) is 15.9 Å². The van der Waals surface area contributed by atoms with Crippen molar-refractivity contribution >= 4 is 22.9 Å². The maximum Gasteiger partial charge on any atom is 0.255 e. The van der Waals surface area contributed by atoms with Crippen LogP contribution >= 0.6 is 11.3 Å². The van der Waals surface area contributed by atoms with Crippen LogP contribution in [0, 0.1) is 5.82 Å². The standard InChI is InChI=1S/C21H14FN3OS/c22-17-5-1-4-16(11-17)20(26)24-18-6-2-3-15(12-18)19-13-27-21(25-19)14-7-9-23-10-8-14/h1-13H,(H,24,26). The van der Waals surface area contributed by atoms with E-state index >= 15 is 0 Å². The summed E-state index contributed by atoms with van der Waals surface area (Å²) >= 11 is 1.55. The highest BCUT2D eigenvalue weighted by molar-refractivity contribution is 7.13. The van der Waals surface area contributed by atoms with Crippen molar-refractivity contribution in [1.29, 1.82) is 0 Å². The quantitative estimate of drug-likeness (QED) is 0.529. The average Bonchev–Trinajstić information content (AvgIpc) is 3.19. The Morgan fingerprint density at radius 3 is 2.59 bits per heavy atom. The highest BCUT2D eigenvalue weighted by Gasteiger charge is 2.10. The van der Waals surface area contributed by atoms with Gasteiger partial charge in [0.2, 0.25) is 0 Å². The molecule has 0 radical (unpaired) electrons. The van der Waals surface area contributed by atoms with Crippen molar-refractivity contribution in [1.82, 2.24) is 9.97 Å². The summed E-state index contributed by atoms with van der Waals surface area (Å²) in [5.41, 5.74) is 3.63. The molecule has 0 aliphatic rings. The lowest BCUT2D eigenvalue weighted by atomic mass is 10.1. The summed E-state index contributed by atoms with van der Waals surface area (Å²) in [5.74, 6) is -0.801. The molecule has 2 aromatic heterocycles. The van der Waals surface area contributed by atoms with Crippen molar-refractivity contribution in [3.8, 4) is 21.8 Å². The summed E-state index contributed by atoms with van der Waals surface area (Å²) in [6.45, 7) is 0. The number of nitrogens with zero attached hydrogens (tertiary/aromatic N) is 2. The predicted molar refractivity (Wildman–Crippen MR) is 105 cm³/mol. The van der Waals surface area contributed by atoms with Crippen LogP contribution in [0.5, 0.6) is 0 Å². The molecule has 0 aliphatic carbocycles. The fraction of sp³-hybridized carbons (Fsp3) is 0.